The third-order valence-corrected chi connectivity index (χ3v) is 4.15. The highest BCUT2D eigenvalue weighted by molar-refractivity contribution is 5.81. The molecule has 0 saturated carbocycles. The van der Waals surface area contributed by atoms with Crippen LogP contribution in [0.3, 0.4) is 0 Å². The molecule has 7 nitrogen and oxygen atoms in total. The van der Waals surface area contributed by atoms with E-state index in [9.17, 15) is 4.79 Å². The van der Waals surface area contributed by atoms with Crippen LogP contribution in [0.4, 0.5) is 5.95 Å². The first kappa shape index (κ1) is 17.0. The molecule has 2 heterocycles. The third kappa shape index (κ3) is 4.17. The van der Waals surface area contributed by atoms with E-state index in [0.29, 0.717) is 37.9 Å². The lowest BCUT2D eigenvalue weighted by Gasteiger charge is -2.35. The number of hydrogen-bond donors (Lipinski definition) is 0. The second kappa shape index (κ2) is 7.83. The number of anilines is 1. The summed E-state index contributed by atoms with van der Waals surface area (Å²) in [5.41, 5.74) is 0. The Morgan fingerprint density at radius 1 is 1.04 bits per heavy atom. The minimum absolute atomic E-state index is 0.00977. The molecular formula is C18H22N4O3. The molecule has 0 spiro atoms. The van der Waals surface area contributed by atoms with Gasteiger partial charge in [0, 0.05) is 38.6 Å². The topological polar surface area (TPSA) is 67.8 Å². The molecule has 2 aromatic rings. The van der Waals surface area contributed by atoms with Crippen LogP contribution in [0, 0.1) is 0 Å². The second-order valence-corrected chi connectivity index (χ2v) is 5.80. The van der Waals surface area contributed by atoms with Gasteiger partial charge in [-0.3, -0.25) is 4.79 Å². The van der Waals surface area contributed by atoms with Crippen molar-refractivity contribution < 1.29 is 14.3 Å². The largest absolute Gasteiger partial charge is 0.497 e. The fourth-order valence-electron chi connectivity index (χ4n) is 2.75. The van der Waals surface area contributed by atoms with E-state index in [2.05, 4.69) is 14.9 Å². The number of aromatic nitrogens is 2. The van der Waals surface area contributed by atoms with Gasteiger partial charge in [-0.1, -0.05) is 0 Å². The Morgan fingerprint density at radius 3 is 2.24 bits per heavy atom. The standard InChI is InChI=1S/C18H22N4O3/c1-14(25-16-6-4-15(24-2)5-7-16)17(23)21-10-12-22(13-11-21)18-19-8-3-9-20-18/h3-9,14H,10-13H2,1-2H3/t14-/m0/s1. The van der Waals surface area contributed by atoms with Gasteiger partial charge in [-0.15, -0.1) is 0 Å². The van der Waals surface area contributed by atoms with E-state index in [1.54, 1.807) is 44.6 Å². The molecule has 25 heavy (non-hydrogen) atoms. The minimum atomic E-state index is -0.534. The monoisotopic (exact) mass is 342 g/mol. The Labute approximate surface area is 147 Å². The van der Waals surface area contributed by atoms with E-state index in [1.165, 1.54) is 0 Å². The smallest absolute Gasteiger partial charge is 0.263 e. The average Bonchev–Trinajstić information content (AvgIpc) is 2.69. The summed E-state index contributed by atoms with van der Waals surface area (Å²) in [6.45, 7) is 4.47. The summed E-state index contributed by atoms with van der Waals surface area (Å²) in [6, 6.07) is 9.01. The average molecular weight is 342 g/mol. The molecule has 0 aliphatic carbocycles. The molecule has 3 rings (SSSR count). The summed E-state index contributed by atoms with van der Waals surface area (Å²) in [5, 5.41) is 0. The van der Waals surface area contributed by atoms with Crippen LogP contribution in [-0.4, -0.2) is 60.2 Å². The van der Waals surface area contributed by atoms with Crippen molar-refractivity contribution in [2.75, 3.05) is 38.2 Å². The summed E-state index contributed by atoms with van der Waals surface area (Å²) in [7, 11) is 1.61. The zero-order valence-electron chi connectivity index (χ0n) is 14.5. The number of hydrogen-bond acceptors (Lipinski definition) is 6. The van der Waals surface area contributed by atoms with E-state index in [4.69, 9.17) is 9.47 Å². The predicted octanol–water partition coefficient (Wildman–Crippen LogP) is 1.60. The zero-order valence-corrected chi connectivity index (χ0v) is 14.5. The fourth-order valence-corrected chi connectivity index (χ4v) is 2.75. The van der Waals surface area contributed by atoms with Crippen LogP contribution < -0.4 is 14.4 Å². The Morgan fingerprint density at radius 2 is 1.64 bits per heavy atom. The third-order valence-electron chi connectivity index (χ3n) is 4.15. The molecule has 0 bridgehead atoms. The lowest BCUT2D eigenvalue weighted by Crippen LogP contribution is -2.52. The second-order valence-electron chi connectivity index (χ2n) is 5.80. The Kier molecular flexibility index (Phi) is 5.33. The van der Waals surface area contributed by atoms with Crippen LogP contribution in [0.15, 0.2) is 42.7 Å². The van der Waals surface area contributed by atoms with Crippen LogP contribution in [-0.2, 0) is 4.79 Å². The first-order valence-electron chi connectivity index (χ1n) is 8.29. The molecule has 1 aliphatic rings. The van der Waals surface area contributed by atoms with E-state index in [1.807, 2.05) is 17.0 Å². The van der Waals surface area contributed by atoms with Crippen molar-refractivity contribution in [3.63, 3.8) is 0 Å². The highest BCUT2D eigenvalue weighted by Gasteiger charge is 2.26. The minimum Gasteiger partial charge on any atom is -0.497 e. The number of methoxy groups -OCH3 is 1. The molecule has 132 valence electrons. The van der Waals surface area contributed by atoms with Gasteiger partial charge < -0.3 is 19.3 Å². The molecule has 1 aromatic carbocycles. The molecule has 1 atom stereocenters. The van der Waals surface area contributed by atoms with Gasteiger partial charge in [0.25, 0.3) is 5.91 Å². The van der Waals surface area contributed by atoms with E-state index >= 15 is 0 Å². The first-order chi connectivity index (χ1) is 12.2. The molecule has 0 radical (unpaired) electrons. The number of carbonyl (C=O) groups is 1. The summed E-state index contributed by atoms with van der Waals surface area (Å²) >= 11 is 0. The van der Waals surface area contributed by atoms with Gasteiger partial charge in [-0.25, -0.2) is 9.97 Å². The Hall–Kier alpha value is -2.83. The van der Waals surface area contributed by atoms with Crippen molar-refractivity contribution in [1.29, 1.82) is 0 Å². The summed E-state index contributed by atoms with van der Waals surface area (Å²) in [6.07, 6.45) is 2.92. The zero-order chi connectivity index (χ0) is 17.6. The number of carbonyl (C=O) groups excluding carboxylic acids is 1. The molecule has 0 unspecified atom stereocenters. The lowest BCUT2D eigenvalue weighted by atomic mass is 10.2. The van der Waals surface area contributed by atoms with Crippen molar-refractivity contribution in [2.45, 2.75) is 13.0 Å². The van der Waals surface area contributed by atoms with E-state index in [0.717, 1.165) is 5.75 Å². The number of nitrogens with zero attached hydrogens (tertiary/aromatic N) is 4. The van der Waals surface area contributed by atoms with Crippen molar-refractivity contribution in [1.82, 2.24) is 14.9 Å². The van der Waals surface area contributed by atoms with Gasteiger partial charge in [-0.05, 0) is 37.3 Å². The van der Waals surface area contributed by atoms with Gasteiger partial charge in [-0.2, -0.15) is 0 Å². The Balaban J connectivity index is 1.52. The van der Waals surface area contributed by atoms with E-state index < -0.39 is 6.10 Å². The maximum atomic E-state index is 12.6. The molecule has 1 aliphatic heterocycles. The van der Waals surface area contributed by atoms with Crippen LogP contribution in [0.25, 0.3) is 0 Å². The fraction of sp³-hybridized carbons (Fsp3) is 0.389. The van der Waals surface area contributed by atoms with Crippen molar-refractivity contribution >= 4 is 11.9 Å². The summed E-state index contributed by atoms with van der Waals surface area (Å²) in [5.74, 6) is 2.10. The normalized spacial score (nSPS) is 15.6. The van der Waals surface area contributed by atoms with Crippen LogP contribution in [0.1, 0.15) is 6.92 Å². The highest BCUT2D eigenvalue weighted by atomic mass is 16.5. The number of benzene rings is 1. The molecular weight excluding hydrogens is 320 g/mol. The van der Waals surface area contributed by atoms with Crippen molar-refractivity contribution in [2.24, 2.45) is 0 Å². The number of ether oxygens (including phenoxy) is 2. The van der Waals surface area contributed by atoms with Crippen LogP contribution >= 0.6 is 0 Å². The molecule has 1 aromatic heterocycles. The number of piperazine rings is 1. The molecule has 7 heteroatoms. The van der Waals surface area contributed by atoms with Gasteiger partial charge in [0.15, 0.2) is 6.10 Å². The number of amides is 1. The highest BCUT2D eigenvalue weighted by Crippen LogP contribution is 2.19. The van der Waals surface area contributed by atoms with Gasteiger partial charge in [0.05, 0.1) is 7.11 Å². The molecule has 0 N–H and O–H groups in total. The van der Waals surface area contributed by atoms with Crippen LogP contribution in [0.2, 0.25) is 0 Å². The van der Waals surface area contributed by atoms with Gasteiger partial charge in [0.1, 0.15) is 11.5 Å². The molecule has 1 amide bonds. The quantitative estimate of drug-likeness (QED) is 0.822. The van der Waals surface area contributed by atoms with Crippen LogP contribution in [0.5, 0.6) is 11.5 Å². The SMILES string of the molecule is COc1ccc(O[C@@H](C)C(=O)N2CCN(c3ncccn3)CC2)cc1. The summed E-state index contributed by atoms with van der Waals surface area (Å²) < 4.78 is 10.9. The molecule has 1 saturated heterocycles. The molecule has 1 fully saturated rings. The van der Waals surface area contributed by atoms with E-state index in [-0.39, 0.29) is 5.91 Å². The van der Waals surface area contributed by atoms with Gasteiger partial charge in [0.2, 0.25) is 5.95 Å². The lowest BCUT2D eigenvalue weighted by molar-refractivity contribution is -0.138. The predicted molar refractivity (Wildman–Crippen MR) is 93.9 cm³/mol. The number of rotatable bonds is 5. The van der Waals surface area contributed by atoms with Crippen molar-refractivity contribution in [3.05, 3.63) is 42.7 Å². The van der Waals surface area contributed by atoms with Gasteiger partial charge >= 0.3 is 0 Å². The summed E-state index contributed by atoms with van der Waals surface area (Å²) in [4.78, 5) is 25.0. The maximum Gasteiger partial charge on any atom is 0.263 e. The maximum absolute atomic E-state index is 12.6. The first-order valence-corrected chi connectivity index (χ1v) is 8.29. The van der Waals surface area contributed by atoms with Crippen molar-refractivity contribution in [3.8, 4) is 11.5 Å². The Bertz CT molecular complexity index is 685.